The predicted octanol–water partition coefficient (Wildman–Crippen LogP) is 1.69. The zero-order valence-corrected chi connectivity index (χ0v) is 12.9. The number of hydrogen-bond donors (Lipinski definition) is 2. The molecule has 22 heavy (non-hydrogen) atoms. The van der Waals surface area contributed by atoms with E-state index in [1.165, 1.54) is 0 Å². The van der Waals surface area contributed by atoms with Gasteiger partial charge in [-0.3, -0.25) is 0 Å². The van der Waals surface area contributed by atoms with Crippen LogP contribution in [0.3, 0.4) is 0 Å². The summed E-state index contributed by atoms with van der Waals surface area (Å²) in [6.07, 6.45) is 3.46. The maximum atomic E-state index is 12.0. The molecule has 1 heterocycles. The highest BCUT2D eigenvalue weighted by atomic mass is 16.3. The van der Waals surface area contributed by atoms with Gasteiger partial charge in [0.25, 0.3) is 0 Å². The Morgan fingerprint density at radius 1 is 1.41 bits per heavy atom. The van der Waals surface area contributed by atoms with Gasteiger partial charge in [0, 0.05) is 33.0 Å². The minimum absolute atomic E-state index is 0.178. The van der Waals surface area contributed by atoms with Crippen LogP contribution in [-0.2, 0) is 13.6 Å². The van der Waals surface area contributed by atoms with Crippen LogP contribution >= 0.6 is 0 Å². The quantitative estimate of drug-likeness (QED) is 0.853. The third-order valence-corrected chi connectivity index (χ3v) is 3.59. The third-order valence-electron chi connectivity index (χ3n) is 3.59. The molecule has 0 fully saturated rings. The SMILES string of the molecule is CN(CC[C@@H](O)c1ccccc1)C(=O)NCc1nccn1C. The van der Waals surface area contributed by atoms with Gasteiger partial charge < -0.3 is 19.9 Å². The van der Waals surface area contributed by atoms with Crippen LogP contribution in [0.15, 0.2) is 42.7 Å². The van der Waals surface area contributed by atoms with Crippen LogP contribution in [0.25, 0.3) is 0 Å². The largest absolute Gasteiger partial charge is 0.388 e. The number of carbonyl (C=O) groups is 1. The summed E-state index contributed by atoms with van der Waals surface area (Å²) in [5, 5.41) is 12.9. The van der Waals surface area contributed by atoms with E-state index in [1.807, 2.05) is 48.1 Å². The van der Waals surface area contributed by atoms with E-state index in [2.05, 4.69) is 10.3 Å². The van der Waals surface area contributed by atoms with Crippen LogP contribution < -0.4 is 5.32 Å². The van der Waals surface area contributed by atoms with Gasteiger partial charge in [0.05, 0.1) is 12.6 Å². The van der Waals surface area contributed by atoms with E-state index in [-0.39, 0.29) is 6.03 Å². The van der Waals surface area contributed by atoms with Crippen molar-refractivity contribution < 1.29 is 9.90 Å². The summed E-state index contributed by atoms with van der Waals surface area (Å²) in [5.41, 5.74) is 0.865. The molecular weight excluding hydrogens is 280 g/mol. The minimum Gasteiger partial charge on any atom is -0.388 e. The number of aliphatic hydroxyl groups is 1. The van der Waals surface area contributed by atoms with Crippen molar-refractivity contribution in [1.82, 2.24) is 19.8 Å². The molecule has 6 nitrogen and oxygen atoms in total. The Kier molecular flexibility index (Phi) is 5.55. The summed E-state index contributed by atoms with van der Waals surface area (Å²) >= 11 is 0. The highest BCUT2D eigenvalue weighted by Crippen LogP contribution is 2.15. The molecule has 1 atom stereocenters. The monoisotopic (exact) mass is 302 g/mol. The van der Waals surface area contributed by atoms with Gasteiger partial charge in [-0.2, -0.15) is 0 Å². The summed E-state index contributed by atoms with van der Waals surface area (Å²) in [7, 11) is 3.60. The number of rotatable bonds is 6. The number of hydrogen-bond acceptors (Lipinski definition) is 3. The standard InChI is InChI=1S/C16H22N4O2/c1-19-11-9-17-15(19)12-18-16(22)20(2)10-8-14(21)13-6-4-3-5-7-13/h3-7,9,11,14,21H,8,10,12H2,1-2H3,(H,18,22)/t14-/m1/s1. The summed E-state index contributed by atoms with van der Waals surface area (Å²) in [5.74, 6) is 0.797. The maximum absolute atomic E-state index is 12.0. The predicted molar refractivity (Wildman–Crippen MR) is 84.1 cm³/mol. The molecule has 2 rings (SSSR count). The Balaban J connectivity index is 1.75. The van der Waals surface area contributed by atoms with Crippen molar-refractivity contribution in [2.24, 2.45) is 7.05 Å². The highest BCUT2D eigenvalue weighted by molar-refractivity contribution is 5.73. The van der Waals surface area contributed by atoms with E-state index in [1.54, 1.807) is 18.1 Å². The number of aromatic nitrogens is 2. The van der Waals surface area contributed by atoms with Crippen molar-refractivity contribution >= 4 is 6.03 Å². The van der Waals surface area contributed by atoms with Gasteiger partial charge >= 0.3 is 6.03 Å². The second-order valence-corrected chi connectivity index (χ2v) is 5.25. The molecule has 1 aromatic carbocycles. The normalized spacial score (nSPS) is 12.0. The van der Waals surface area contributed by atoms with E-state index in [0.717, 1.165) is 11.4 Å². The molecule has 2 amide bonds. The lowest BCUT2D eigenvalue weighted by Gasteiger charge is -2.20. The Labute approximate surface area is 130 Å². The van der Waals surface area contributed by atoms with Gasteiger partial charge in [-0.15, -0.1) is 0 Å². The first-order chi connectivity index (χ1) is 10.6. The van der Waals surface area contributed by atoms with Crippen LogP contribution in [-0.4, -0.2) is 39.2 Å². The fourth-order valence-electron chi connectivity index (χ4n) is 2.12. The zero-order chi connectivity index (χ0) is 15.9. The lowest BCUT2D eigenvalue weighted by atomic mass is 10.1. The van der Waals surface area contributed by atoms with Gasteiger partial charge in [-0.25, -0.2) is 9.78 Å². The van der Waals surface area contributed by atoms with Crippen molar-refractivity contribution in [3.63, 3.8) is 0 Å². The molecule has 0 saturated carbocycles. The molecule has 118 valence electrons. The number of imidazole rings is 1. The average molecular weight is 302 g/mol. The molecule has 0 bridgehead atoms. The zero-order valence-electron chi connectivity index (χ0n) is 12.9. The number of urea groups is 1. The molecule has 0 aliphatic carbocycles. The average Bonchev–Trinajstić information content (AvgIpc) is 2.95. The van der Waals surface area contributed by atoms with Crippen LogP contribution in [0.1, 0.15) is 23.9 Å². The fraction of sp³-hybridized carbons (Fsp3) is 0.375. The number of aryl methyl sites for hydroxylation is 1. The van der Waals surface area contributed by atoms with Crippen LogP contribution in [0.5, 0.6) is 0 Å². The molecule has 0 radical (unpaired) electrons. The van der Waals surface area contributed by atoms with E-state index < -0.39 is 6.10 Å². The van der Waals surface area contributed by atoms with Crippen LogP contribution in [0.2, 0.25) is 0 Å². The Morgan fingerprint density at radius 3 is 2.77 bits per heavy atom. The summed E-state index contributed by atoms with van der Waals surface area (Å²) < 4.78 is 1.86. The summed E-state index contributed by atoms with van der Waals surface area (Å²) in [6.45, 7) is 0.858. The summed E-state index contributed by atoms with van der Waals surface area (Å²) in [6, 6.07) is 9.28. The second kappa shape index (κ2) is 7.61. The fourth-order valence-corrected chi connectivity index (χ4v) is 2.12. The van der Waals surface area contributed by atoms with E-state index in [0.29, 0.717) is 19.5 Å². The molecule has 0 spiro atoms. The molecule has 6 heteroatoms. The molecular formula is C16H22N4O2. The first-order valence-electron chi connectivity index (χ1n) is 7.26. The first-order valence-corrected chi connectivity index (χ1v) is 7.26. The molecule has 0 aliphatic heterocycles. The second-order valence-electron chi connectivity index (χ2n) is 5.25. The number of nitrogens with one attached hydrogen (secondary N) is 1. The number of benzene rings is 1. The molecule has 0 unspecified atom stereocenters. The molecule has 0 saturated heterocycles. The number of nitrogens with zero attached hydrogens (tertiary/aromatic N) is 3. The molecule has 0 aliphatic rings. The van der Waals surface area contributed by atoms with Gasteiger partial charge in [0.15, 0.2) is 0 Å². The Bertz CT molecular complexity index is 597. The third kappa shape index (κ3) is 4.33. The lowest BCUT2D eigenvalue weighted by molar-refractivity contribution is 0.150. The van der Waals surface area contributed by atoms with Crippen molar-refractivity contribution in [3.8, 4) is 0 Å². The maximum Gasteiger partial charge on any atom is 0.317 e. The van der Waals surface area contributed by atoms with Gasteiger partial charge in [0.1, 0.15) is 5.82 Å². The summed E-state index contributed by atoms with van der Waals surface area (Å²) in [4.78, 5) is 17.7. The lowest BCUT2D eigenvalue weighted by Crippen LogP contribution is -2.38. The van der Waals surface area contributed by atoms with Gasteiger partial charge in [-0.1, -0.05) is 30.3 Å². The highest BCUT2D eigenvalue weighted by Gasteiger charge is 2.12. The molecule has 2 aromatic rings. The van der Waals surface area contributed by atoms with Crippen LogP contribution in [0, 0.1) is 0 Å². The topological polar surface area (TPSA) is 70.4 Å². The minimum atomic E-state index is -0.564. The molecule has 2 N–H and O–H groups in total. The number of carbonyl (C=O) groups excluding carboxylic acids is 1. The van der Waals surface area contributed by atoms with Gasteiger partial charge in [0.2, 0.25) is 0 Å². The van der Waals surface area contributed by atoms with Crippen molar-refractivity contribution in [3.05, 3.63) is 54.1 Å². The Hall–Kier alpha value is -2.34. The smallest absolute Gasteiger partial charge is 0.317 e. The van der Waals surface area contributed by atoms with E-state index >= 15 is 0 Å². The number of aliphatic hydroxyl groups excluding tert-OH is 1. The van der Waals surface area contributed by atoms with E-state index in [4.69, 9.17) is 0 Å². The van der Waals surface area contributed by atoms with Crippen LogP contribution in [0.4, 0.5) is 4.79 Å². The van der Waals surface area contributed by atoms with Gasteiger partial charge in [-0.05, 0) is 12.0 Å². The van der Waals surface area contributed by atoms with Crippen molar-refractivity contribution in [2.45, 2.75) is 19.1 Å². The Morgan fingerprint density at radius 2 is 2.14 bits per heavy atom. The van der Waals surface area contributed by atoms with E-state index in [9.17, 15) is 9.90 Å². The number of amides is 2. The van der Waals surface area contributed by atoms with Crippen molar-refractivity contribution in [2.75, 3.05) is 13.6 Å². The first kappa shape index (κ1) is 16.0. The molecule has 1 aromatic heterocycles. The van der Waals surface area contributed by atoms with Crippen molar-refractivity contribution in [1.29, 1.82) is 0 Å².